The average Bonchev–Trinajstić information content (AvgIpc) is 3.24. The van der Waals surface area contributed by atoms with Crippen LogP contribution in [0.1, 0.15) is 30.7 Å². The van der Waals surface area contributed by atoms with Gasteiger partial charge in [0.25, 0.3) is 5.78 Å². The molecule has 9 heteroatoms. The lowest BCUT2D eigenvalue weighted by atomic mass is 10.0. The molecular formula is C16H24N7OS+. The quantitative estimate of drug-likeness (QED) is 0.597. The minimum Gasteiger partial charge on any atom is -0.382 e. The molecular weight excluding hydrogens is 338 g/mol. The molecule has 1 aliphatic heterocycles. The van der Waals surface area contributed by atoms with Gasteiger partial charge in [0, 0.05) is 26.2 Å². The molecule has 0 bridgehead atoms. The van der Waals surface area contributed by atoms with Crippen LogP contribution in [0.5, 0.6) is 0 Å². The Morgan fingerprint density at radius 1 is 1.36 bits per heavy atom. The highest BCUT2D eigenvalue weighted by Crippen LogP contribution is 2.36. The van der Waals surface area contributed by atoms with Crippen molar-refractivity contribution >= 4 is 33.1 Å². The Morgan fingerprint density at radius 3 is 3.12 bits per heavy atom. The van der Waals surface area contributed by atoms with E-state index in [1.54, 1.807) is 9.42 Å². The topological polar surface area (TPSA) is 81.7 Å². The maximum Gasteiger partial charge on any atom is 0.276 e. The zero-order valence-corrected chi connectivity index (χ0v) is 15.5. The number of thiophene rings is 1. The highest BCUT2D eigenvalue weighted by Gasteiger charge is 2.26. The summed E-state index contributed by atoms with van der Waals surface area (Å²) in [5.74, 6) is 1.46. The number of aromatic nitrogens is 5. The zero-order chi connectivity index (χ0) is 17.2. The van der Waals surface area contributed by atoms with Crippen LogP contribution in [0.4, 0.5) is 5.82 Å². The summed E-state index contributed by atoms with van der Waals surface area (Å²) >= 11 is 1.81. The second kappa shape index (κ2) is 7.19. The van der Waals surface area contributed by atoms with E-state index in [2.05, 4.69) is 32.7 Å². The first-order valence-electron chi connectivity index (χ1n) is 8.99. The fraction of sp³-hybridized carbons (Fsp3) is 0.625. The van der Waals surface area contributed by atoms with Gasteiger partial charge in [0.1, 0.15) is 17.2 Å². The van der Waals surface area contributed by atoms with E-state index >= 15 is 0 Å². The van der Waals surface area contributed by atoms with Crippen molar-refractivity contribution in [3.05, 3.63) is 10.4 Å². The Labute approximate surface area is 150 Å². The van der Waals surface area contributed by atoms with Crippen LogP contribution in [0, 0.1) is 0 Å². The van der Waals surface area contributed by atoms with Crippen LogP contribution < -0.4 is 10.2 Å². The molecule has 0 amide bonds. The molecule has 0 radical (unpaired) electrons. The minimum atomic E-state index is 0.554. The van der Waals surface area contributed by atoms with E-state index in [9.17, 15) is 0 Å². The molecule has 0 aromatic carbocycles. The maximum atomic E-state index is 5.42. The second-order valence-corrected chi connectivity index (χ2v) is 7.38. The first-order chi connectivity index (χ1) is 12.3. The minimum absolute atomic E-state index is 0.554. The Kier molecular flexibility index (Phi) is 4.78. The van der Waals surface area contributed by atoms with E-state index in [4.69, 9.17) is 4.74 Å². The number of nitrogens with one attached hydrogen (secondary N) is 2. The number of fused-ring (bicyclic) bond motifs is 5. The monoisotopic (exact) mass is 362 g/mol. The van der Waals surface area contributed by atoms with Gasteiger partial charge in [-0.3, -0.25) is 0 Å². The highest BCUT2D eigenvalue weighted by molar-refractivity contribution is 7.19. The molecule has 134 valence electrons. The molecule has 0 saturated carbocycles. The molecule has 3 aromatic heterocycles. The number of hydrogen-bond donors (Lipinski definition) is 2. The molecule has 1 aliphatic rings. The summed E-state index contributed by atoms with van der Waals surface area (Å²) in [6.07, 6.45) is 2.04. The number of anilines is 1. The van der Waals surface area contributed by atoms with E-state index in [0.717, 1.165) is 56.3 Å². The molecule has 0 spiro atoms. The molecule has 4 rings (SSSR count). The lowest BCUT2D eigenvalue weighted by molar-refractivity contribution is -0.913. The van der Waals surface area contributed by atoms with Crippen molar-refractivity contribution in [1.29, 1.82) is 0 Å². The first kappa shape index (κ1) is 16.6. The van der Waals surface area contributed by atoms with Gasteiger partial charge >= 0.3 is 0 Å². The zero-order valence-electron chi connectivity index (χ0n) is 14.7. The lowest BCUT2D eigenvalue weighted by Crippen LogP contribution is -3.11. The van der Waals surface area contributed by atoms with Gasteiger partial charge in [0.15, 0.2) is 0 Å². The molecule has 25 heavy (non-hydrogen) atoms. The van der Waals surface area contributed by atoms with Gasteiger partial charge in [-0.1, -0.05) is 5.10 Å². The van der Waals surface area contributed by atoms with Crippen LogP contribution in [-0.2, 0) is 17.7 Å². The molecule has 0 aliphatic carbocycles. The van der Waals surface area contributed by atoms with Gasteiger partial charge in [-0.15, -0.1) is 11.3 Å². The summed E-state index contributed by atoms with van der Waals surface area (Å²) in [5.41, 5.74) is 1.43. The molecule has 4 heterocycles. The van der Waals surface area contributed by atoms with E-state index in [1.807, 2.05) is 18.3 Å². The Hall–Kier alpha value is -1.84. The third-order valence-corrected chi connectivity index (χ3v) is 5.97. The molecule has 8 nitrogen and oxygen atoms in total. The van der Waals surface area contributed by atoms with E-state index in [0.29, 0.717) is 5.78 Å². The van der Waals surface area contributed by atoms with Crippen molar-refractivity contribution in [3.63, 3.8) is 0 Å². The summed E-state index contributed by atoms with van der Waals surface area (Å²) in [6, 6.07) is 0. The molecule has 2 N–H and O–H groups in total. The standard InChI is InChI=1S/C16H23N7OS/c1-3-22-8-6-11-12(10-22)25-15-13(11)14(17-7-5-9-24-4-2)18-16-19-20-21-23(15)16/h3-10H2,1-2H3,(H,17,18,19,21)/p+1. The van der Waals surface area contributed by atoms with E-state index < -0.39 is 0 Å². The number of rotatable bonds is 7. The third kappa shape index (κ3) is 3.07. The lowest BCUT2D eigenvalue weighted by Gasteiger charge is -2.22. The van der Waals surface area contributed by atoms with Gasteiger partial charge < -0.3 is 15.0 Å². The second-order valence-electron chi connectivity index (χ2n) is 6.29. The predicted molar refractivity (Wildman–Crippen MR) is 97.3 cm³/mol. The summed E-state index contributed by atoms with van der Waals surface area (Å²) in [4.78, 5) is 8.85. The van der Waals surface area contributed by atoms with Gasteiger partial charge in [-0.2, -0.15) is 9.50 Å². The van der Waals surface area contributed by atoms with Crippen molar-refractivity contribution in [2.24, 2.45) is 0 Å². The van der Waals surface area contributed by atoms with Crippen LogP contribution >= 0.6 is 11.3 Å². The van der Waals surface area contributed by atoms with Crippen molar-refractivity contribution < 1.29 is 9.64 Å². The Morgan fingerprint density at radius 2 is 2.28 bits per heavy atom. The summed E-state index contributed by atoms with van der Waals surface area (Å²) < 4.78 is 7.19. The van der Waals surface area contributed by atoms with Crippen molar-refractivity contribution in [1.82, 2.24) is 25.0 Å². The van der Waals surface area contributed by atoms with Crippen molar-refractivity contribution in [2.45, 2.75) is 33.2 Å². The maximum absolute atomic E-state index is 5.42. The average molecular weight is 362 g/mol. The van der Waals surface area contributed by atoms with E-state index in [1.165, 1.54) is 22.4 Å². The molecule has 0 fully saturated rings. The van der Waals surface area contributed by atoms with Crippen molar-refractivity contribution in [2.75, 3.05) is 38.2 Å². The largest absolute Gasteiger partial charge is 0.382 e. The summed E-state index contributed by atoms with van der Waals surface area (Å²) in [6.45, 7) is 10.0. The van der Waals surface area contributed by atoms with Crippen LogP contribution in [0.2, 0.25) is 0 Å². The number of nitrogens with zero attached hydrogens (tertiary/aromatic N) is 5. The van der Waals surface area contributed by atoms with Crippen molar-refractivity contribution in [3.8, 4) is 0 Å². The number of ether oxygens (including phenoxy) is 1. The van der Waals surface area contributed by atoms with Crippen LogP contribution in [0.3, 0.4) is 0 Å². The molecule has 1 unspecified atom stereocenters. The number of likely N-dealkylation sites (N-methyl/N-ethyl adjacent to an activating group) is 1. The Balaban J connectivity index is 1.71. The molecule has 3 aromatic rings. The third-order valence-electron chi connectivity index (χ3n) is 4.77. The molecule has 1 atom stereocenters. The highest BCUT2D eigenvalue weighted by atomic mass is 32.1. The van der Waals surface area contributed by atoms with Crippen LogP contribution in [-0.4, -0.2) is 57.9 Å². The Bertz CT molecular complexity index is 874. The van der Waals surface area contributed by atoms with Gasteiger partial charge in [-0.25, -0.2) is 0 Å². The van der Waals surface area contributed by atoms with Gasteiger partial charge in [0.05, 0.1) is 23.4 Å². The van der Waals surface area contributed by atoms with Crippen LogP contribution in [0.25, 0.3) is 16.0 Å². The SMILES string of the molecule is CCOCCCNc1nc2nnnn2c2sc3c(c12)CC[NH+](CC)C3. The predicted octanol–water partition coefficient (Wildman–Crippen LogP) is 0.533. The number of tetrazole rings is 1. The number of hydrogen-bond acceptors (Lipinski definition) is 7. The van der Waals surface area contributed by atoms with E-state index in [-0.39, 0.29) is 0 Å². The summed E-state index contributed by atoms with van der Waals surface area (Å²) in [7, 11) is 0. The summed E-state index contributed by atoms with van der Waals surface area (Å²) in [5, 5.41) is 16.7. The fourth-order valence-electron chi connectivity index (χ4n) is 3.41. The van der Waals surface area contributed by atoms with Gasteiger partial charge in [-0.05, 0) is 36.3 Å². The van der Waals surface area contributed by atoms with Crippen LogP contribution in [0.15, 0.2) is 0 Å². The first-order valence-corrected chi connectivity index (χ1v) is 9.81. The van der Waals surface area contributed by atoms with Gasteiger partial charge in [0.2, 0.25) is 0 Å². The normalized spacial score (nSPS) is 17.3. The number of quaternary nitrogens is 1. The molecule has 0 saturated heterocycles. The fourth-order valence-corrected chi connectivity index (χ4v) is 4.77. The smallest absolute Gasteiger partial charge is 0.276 e.